The van der Waals surface area contributed by atoms with Gasteiger partial charge in [0.15, 0.2) is 0 Å². The molecular formula is C20H29ClN4O3. The van der Waals surface area contributed by atoms with Crippen LogP contribution in [0.25, 0.3) is 0 Å². The van der Waals surface area contributed by atoms with Gasteiger partial charge in [0.1, 0.15) is 5.75 Å². The average molecular weight is 409 g/mol. The van der Waals surface area contributed by atoms with Crippen LogP contribution in [0.3, 0.4) is 0 Å². The Labute approximate surface area is 171 Å². The summed E-state index contributed by atoms with van der Waals surface area (Å²) in [5.41, 5.74) is 6.35. The summed E-state index contributed by atoms with van der Waals surface area (Å²) in [4.78, 5) is 19.9. The first-order valence-electron chi connectivity index (χ1n) is 9.67. The molecule has 3 N–H and O–H groups in total. The van der Waals surface area contributed by atoms with Gasteiger partial charge in [-0.3, -0.25) is 9.78 Å². The van der Waals surface area contributed by atoms with Crippen molar-refractivity contribution in [3.63, 3.8) is 0 Å². The molecule has 1 atom stereocenters. The zero-order valence-electron chi connectivity index (χ0n) is 15.9. The highest BCUT2D eigenvalue weighted by Crippen LogP contribution is 2.31. The smallest absolute Gasteiger partial charge is 0.306 e. The molecular weight excluding hydrogens is 380 g/mol. The van der Waals surface area contributed by atoms with Crippen molar-refractivity contribution in [2.75, 3.05) is 6.54 Å². The molecule has 0 amide bonds. The molecule has 1 aliphatic rings. The Hall–Kier alpha value is -2.12. The van der Waals surface area contributed by atoms with Gasteiger partial charge >= 0.3 is 5.97 Å². The molecule has 7 nitrogen and oxygen atoms in total. The Kier molecular flexibility index (Phi) is 8.73. The van der Waals surface area contributed by atoms with E-state index in [0.717, 1.165) is 43.5 Å². The molecule has 1 aliphatic carbocycles. The number of carboxylic acids is 1. The predicted octanol–water partition coefficient (Wildman–Crippen LogP) is 3.24. The number of nitrogens with two attached hydrogens (primary N) is 1. The molecule has 154 valence electrons. The molecule has 2 aromatic rings. The second-order valence-electron chi connectivity index (χ2n) is 7.21. The molecule has 0 aromatic carbocycles. The minimum absolute atomic E-state index is 0. The van der Waals surface area contributed by atoms with Crippen molar-refractivity contribution in [2.45, 2.75) is 57.1 Å². The van der Waals surface area contributed by atoms with Crippen molar-refractivity contribution in [1.82, 2.24) is 14.5 Å². The number of ether oxygens (including phenoxy) is 1. The van der Waals surface area contributed by atoms with Crippen molar-refractivity contribution in [3.8, 4) is 5.75 Å². The van der Waals surface area contributed by atoms with Gasteiger partial charge in [-0.1, -0.05) is 0 Å². The van der Waals surface area contributed by atoms with E-state index in [9.17, 15) is 9.90 Å². The normalized spacial score (nSPS) is 20.2. The SMILES string of the molecule is Cl.NCCCC(Cc1cn(C2CCC(Oc3ccncc3)CC2)cn1)C(=O)O. The van der Waals surface area contributed by atoms with E-state index in [2.05, 4.69) is 14.5 Å². The lowest BCUT2D eigenvalue weighted by atomic mass is 9.92. The monoisotopic (exact) mass is 408 g/mol. The van der Waals surface area contributed by atoms with Crippen molar-refractivity contribution < 1.29 is 14.6 Å². The molecule has 0 saturated heterocycles. The zero-order chi connectivity index (χ0) is 19.1. The fourth-order valence-electron chi connectivity index (χ4n) is 3.68. The highest BCUT2D eigenvalue weighted by Gasteiger charge is 2.24. The van der Waals surface area contributed by atoms with Crippen molar-refractivity contribution in [1.29, 1.82) is 0 Å². The largest absolute Gasteiger partial charge is 0.490 e. The summed E-state index contributed by atoms with van der Waals surface area (Å²) in [6, 6.07) is 4.17. The summed E-state index contributed by atoms with van der Waals surface area (Å²) in [6.07, 6.45) is 13.4. The molecule has 0 radical (unpaired) electrons. The van der Waals surface area contributed by atoms with Crippen LogP contribution in [0.1, 0.15) is 50.3 Å². The lowest BCUT2D eigenvalue weighted by Crippen LogP contribution is -2.25. The van der Waals surface area contributed by atoms with Crippen LogP contribution in [-0.2, 0) is 11.2 Å². The lowest BCUT2D eigenvalue weighted by molar-refractivity contribution is -0.142. The van der Waals surface area contributed by atoms with E-state index in [4.69, 9.17) is 10.5 Å². The Balaban J connectivity index is 0.00000280. The molecule has 1 saturated carbocycles. The molecule has 1 unspecified atom stereocenters. The Morgan fingerprint density at radius 2 is 2.00 bits per heavy atom. The van der Waals surface area contributed by atoms with E-state index >= 15 is 0 Å². The molecule has 0 aliphatic heterocycles. The number of aromatic nitrogens is 3. The van der Waals surface area contributed by atoms with Gasteiger partial charge < -0.3 is 20.1 Å². The number of aliphatic carboxylic acids is 1. The number of halogens is 1. The first kappa shape index (κ1) is 22.2. The third-order valence-electron chi connectivity index (χ3n) is 5.23. The molecule has 8 heteroatoms. The molecule has 3 rings (SSSR count). The minimum atomic E-state index is -0.772. The summed E-state index contributed by atoms with van der Waals surface area (Å²) in [5.74, 6) is -0.316. The summed E-state index contributed by atoms with van der Waals surface area (Å²) < 4.78 is 8.16. The third-order valence-corrected chi connectivity index (χ3v) is 5.23. The Morgan fingerprint density at radius 3 is 2.64 bits per heavy atom. The zero-order valence-corrected chi connectivity index (χ0v) is 16.8. The van der Waals surface area contributed by atoms with Gasteiger partial charge in [0.2, 0.25) is 0 Å². The number of carbonyl (C=O) groups is 1. The van der Waals surface area contributed by atoms with Crippen LogP contribution in [-0.4, -0.2) is 38.3 Å². The summed E-state index contributed by atoms with van der Waals surface area (Å²) in [5, 5.41) is 9.37. The minimum Gasteiger partial charge on any atom is -0.490 e. The van der Waals surface area contributed by atoms with Crippen LogP contribution in [0.15, 0.2) is 37.1 Å². The number of rotatable bonds is 9. The van der Waals surface area contributed by atoms with Crippen molar-refractivity contribution in [3.05, 3.63) is 42.7 Å². The van der Waals surface area contributed by atoms with Crippen LogP contribution < -0.4 is 10.5 Å². The van der Waals surface area contributed by atoms with Crippen molar-refractivity contribution in [2.24, 2.45) is 11.7 Å². The summed E-state index contributed by atoms with van der Waals surface area (Å²) in [7, 11) is 0. The maximum Gasteiger partial charge on any atom is 0.306 e. The molecule has 2 heterocycles. The first-order chi connectivity index (χ1) is 13.2. The van der Waals surface area contributed by atoms with E-state index in [1.807, 2.05) is 24.7 Å². The standard InChI is InChI=1S/C20H28N4O3.ClH/c21-9-1-2-15(20(25)26)12-16-13-24(14-23-16)17-3-5-18(6-4-17)27-19-7-10-22-11-8-19;/h7-8,10-11,13-15,17-18H,1-6,9,12,21H2,(H,25,26);1H. The molecule has 2 aromatic heterocycles. The fraction of sp³-hybridized carbons (Fsp3) is 0.550. The number of hydrogen-bond acceptors (Lipinski definition) is 5. The Morgan fingerprint density at radius 1 is 1.29 bits per heavy atom. The first-order valence-corrected chi connectivity index (χ1v) is 9.67. The third kappa shape index (κ3) is 6.21. The number of pyridine rings is 1. The maximum atomic E-state index is 11.4. The Bertz CT molecular complexity index is 717. The number of hydrogen-bond donors (Lipinski definition) is 2. The van der Waals surface area contributed by atoms with Crippen LogP contribution in [0.4, 0.5) is 0 Å². The van der Waals surface area contributed by atoms with Gasteiger partial charge in [-0.05, 0) is 57.2 Å². The molecule has 28 heavy (non-hydrogen) atoms. The van der Waals surface area contributed by atoms with Gasteiger partial charge in [-0.15, -0.1) is 12.4 Å². The van der Waals surface area contributed by atoms with E-state index < -0.39 is 11.9 Å². The number of carboxylic acid groups (broad SMARTS) is 1. The van der Waals surface area contributed by atoms with E-state index in [1.165, 1.54) is 0 Å². The van der Waals surface area contributed by atoms with Crippen LogP contribution in [0.2, 0.25) is 0 Å². The van der Waals surface area contributed by atoms with Crippen molar-refractivity contribution >= 4 is 18.4 Å². The second kappa shape index (κ2) is 11.0. The predicted molar refractivity (Wildman–Crippen MR) is 109 cm³/mol. The van der Waals surface area contributed by atoms with E-state index in [1.54, 1.807) is 12.4 Å². The van der Waals surface area contributed by atoms with Crippen LogP contribution >= 0.6 is 12.4 Å². The molecule has 1 fully saturated rings. The van der Waals surface area contributed by atoms with Crippen LogP contribution in [0, 0.1) is 5.92 Å². The van der Waals surface area contributed by atoms with Gasteiger partial charge in [0.05, 0.1) is 24.0 Å². The topological polar surface area (TPSA) is 103 Å². The number of imidazole rings is 1. The number of nitrogens with zero attached hydrogens (tertiary/aromatic N) is 3. The van der Waals surface area contributed by atoms with Gasteiger partial charge in [-0.25, -0.2) is 4.98 Å². The van der Waals surface area contributed by atoms with Gasteiger partial charge in [0, 0.05) is 31.1 Å². The fourth-order valence-corrected chi connectivity index (χ4v) is 3.68. The second-order valence-corrected chi connectivity index (χ2v) is 7.21. The van der Waals surface area contributed by atoms with E-state index in [-0.39, 0.29) is 18.5 Å². The van der Waals surface area contributed by atoms with Crippen LogP contribution in [0.5, 0.6) is 5.75 Å². The maximum absolute atomic E-state index is 11.4. The highest BCUT2D eigenvalue weighted by atomic mass is 35.5. The molecule has 0 spiro atoms. The average Bonchev–Trinajstić information content (AvgIpc) is 3.15. The summed E-state index contributed by atoms with van der Waals surface area (Å²) in [6.45, 7) is 0.517. The summed E-state index contributed by atoms with van der Waals surface area (Å²) >= 11 is 0. The highest BCUT2D eigenvalue weighted by molar-refractivity contribution is 5.85. The quantitative estimate of drug-likeness (QED) is 0.660. The van der Waals surface area contributed by atoms with Gasteiger partial charge in [-0.2, -0.15) is 0 Å². The molecule has 0 bridgehead atoms. The van der Waals surface area contributed by atoms with Gasteiger partial charge in [0.25, 0.3) is 0 Å². The van der Waals surface area contributed by atoms with E-state index in [0.29, 0.717) is 25.4 Å². The lowest BCUT2D eigenvalue weighted by Gasteiger charge is -2.29.